The van der Waals surface area contributed by atoms with Gasteiger partial charge in [0.2, 0.25) is 5.91 Å². The molecule has 1 aromatic carbocycles. The van der Waals surface area contributed by atoms with E-state index in [0.717, 1.165) is 0 Å². The number of aliphatic hydroxyl groups excluding tert-OH is 1. The summed E-state index contributed by atoms with van der Waals surface area (Å²) in [7, 11) is 1.57. The Hall–Kier alpha value is -1.47. The van der Waals surface area contributed by atoms with Crippen LogP contribution in [0.1, 0.15) is 25.3 Å². The fourth-order valence-corrected chi connectivity index (χ4v) is 3.66. The summed E-state index contributed by atoms with van der Waals surface area (Å²) in [5.41, 5.74) is 0.0864. The number of likely N-dealkylation sites (tertiary alicyclic amines) is 1. The molecule has 1 saturated heterocycles. The Morgan fingerprint density at radius 2 is 2.09 bits per heavy atom. The molecule has 3 unspecified atom stereocenters. The first-order chi connectivity index (χ1) is 10.7. The number of hydrogen-bond donors (Lipinski definition) is 2. The summed E-state index contributed by atoms with van der Waals surface area (Å²) < 4.78 is 14.2. The second-order valence-corrected chi connectivity index (χ2v) is 7.31. The third-order valence-corrected chi connectivity index (χ3v) is 5.36. The molecule has 7 heteroatoms. The number of aliphatic hydroxyl groups is 1. The number of hydrogen-bond acceptors (Lipinski definition) is 3. The van der Waals surface area contributed by atoms with Crippen molar-refractivity contribution in [2.45, 2.75) is 37.5 Å². The Morgan fingerprint density at radius 3 is 2.57 bits per heavy atom. The molecule has 2 N–H and O–H groups in total. The van der Waals surface area contributed by atoms with E-state index in [1.54, 1.807) is 20.0 Å². The van der Waals surface area contributed by atoms with E-state index in [2.05, 4.69) is 21.2 Å². The minimum atomic E-state index is -1.33. The largest absolute Gasteiger partial charge is 0.382 e. The van der Waals surface area contributed by atoms with Crippen LogP contribution in [0.4, 0.5) is 4.39 Å². The zero-order chi connectivity index (χ0) is 16.9. The second kappa shape index (κ2) is 5.56. The highest BCUT2D eigenvalue weighted by molar-refractivity contribution is 9.10. The highest BCUT2D eigenvalue weighted by Gasteiger charge is 2.52. The van der Waals surface area contributed by atoms with Gasteiger partial charge in [0.25, 0.3) is 5.91 Å². The Labute approximate surface area is 142 Å². The number of benzene rings is 1. The molecule has 5 nitrogen and oxygen atoms in total. The summed E-state index contributed by atoms with van der Waals surface area (Å²) in [4.78, 5) is 25.8. The van der Waals surface area contributed by atoms with Gasteiger partial charge < -0.3 is 15.3 Å². The van der Waals surface area contributed by atoms with E-state index in [4.69, 9.17) is 0 Å². The summed E-state index contributed by atoms with van der Waals surface area (Å²) >= 11 is 3.26. The van der Waals surface area contributed by atoms with Crippen LogP contribution in [0.5, 0.6) is 0 Å². The van der Waals surface area contributed by atoms with Crippen molar-refractivity contribution < 1.29 is 19.1 Å². The fourth-order valence-electron chi connectivity index (χ4n) is 3.19. The van der Waals surface area contributed by atoms with Gasteiger partial charge in [-0.25, -0.2) is 4.39 Å². The van der Waals surface area contributed by atoms with Crippen LogP contribution in [-0.2, 0) is 15.1 Å². The summed E-state index contributed by atoms with van der Waals surface area (Å²) in [5, 5.41) is 12.9. The number of nitrogens with one attached hydrogen (secondary N) is 1. The number of carbonyl (C=O) groups excluding carboxylic acids is 2. The van der Waals surface area contributed by atoms with Crippen LogP contribution < -0.4 is 5.32 Å². The normalized spacial score (nSPS) is 28.8. The van der Waals surface area contributed by atoms with Gasteiger partial charge in [0.15, 0.2) is 0 Å². The highest BCUT2D eigenvalue weighted by Crippen LogP contribution is 2.46. The lowest BCUT2D eigenvalue weighted by molar-refractivity contribution is -0.137. The Balaban J connectivity index is 1.81. The van der Waals surface area contributed by atoms with Crippen molar-refractivity contribution in [2.75, 3.05) is 7.05 Å². The SMILES string of the molecule is CC1C(C(=O)NC2(c3cc(F)cc(Br)c3)CC2)C(O)C(=O)N1C. The monoisotopic (exact) mass is 384 g/mol. The van der Waals surface area contributed by atoms with Crippen molar-refractivity contribution in [3.8, 4) is 0 Å². The Bertz CT molecular complexity index is 657. The van der Waals surface area contributed by atoms with Gasteiger partial charge in [0, 0.05) is 17.6 Å². The first-order valence-electron chi connectivity index (χ1n) is 7.48. The van der Waals surface area contributed by atoms with Crippen LogP contribution in [0.2, 0.25) is 0 Å². The van der Waals surface area contributed by atoms with Gasteiger partial charge in [-0.05, 0) is 43.5 Å². The van der Waals surface area contributed by atoms with Gasteiger partial charge in [-0.3, -0.25) is 9.59 Å². The number of carbonyl (C=O) groups is 2. The van der Waals surface area contributed by atoms with Crippen molar-refractivity contribution in [1.29, 1.82) is 0 Å². The number of rotatable bonds is 3. The summed E-state index contributed by atoms with van der Waals surface area (Å²) in [5.74, 6) is -2.02. The Kier molecular flexibility index (Phi) is 3.96. The van der Waals surface area contributed by atoms with Crippen LogP contribution in [0.15, 0.2) is 22.7 Å². The molecule has 124 valence electrons. The van der Waals surface area contributed by atoms with Crippen LogP contribution >= 0.6 is 15.9 Å². The molecule has 2 aliphatic rings. The lowest BCUT2D eigenvalue weighted by atomic mass is 9.96. The van der Waals surface area contributed by atoms with E-state index in [9.17, 15) is 19.1 Å². The average Bonchev–Trinajstić information content (AvgIpc) is 3.21. The smallest absolute Gasteiger partial charge is 0.252 e. The zero-order valence-corrected chi connectivity index (χ0v) is 14.4. The van der Waals surface area contributed by atoms with Crippen LogP contribution in [0.3, 0.4) is 0 Å². The van der Waals surface area contributed by atoms with E-state index in [-0.39, 0.29) is 17.8 Å². The Morgan fingerprint density at radius 1 is 1.43 bits per heavy atom. The minimum Gasteiger partial charge on any atom is -0.382 e. The molecule has 1 heterocycles. The first kappa shape index (κ1) is 16.4. The van der Waals surface area contributed by atoms with E-state index < -0.39 is 23.5 Å². The molecule has 1 aromatic rings. The third kappa shape index (κ3) is 2.76. The molecule has 1 aliphatic heterocycles. The van der Waals surface area contributed by atoms with Crippen molar-refractivity contribution in [3.05, 3.63) is 34.1 Å². The van der Waals surface area contributed by atoms with E-state index >= 15 is 0 Å². The molecule has 2 fully saturated rings. The molecule has 0 aromatic heterocycles. The van der Waals surface area contributed by atoms with Crippen molar-refractivity contribution >= 4 is 27.7 Å². The molecule has 1 aliphatic carbocycles. The van der Waals surface area contributed by atoms with E-state index in [1.807, 2.05) is 0 Å². The van der Waals surface area contributed by atoms with Crippen LogP contribution in [-0.4, -0.2) is 41.0 Å². The average molecular weight is 385 g/mol. The predicted octanol–water partition coefficient (Wildman–Crippen LogP) is 1.53. The van der Waals surface area contributed by atoms with Gasteiger partial charge >= 0.3 is 0 Å². The van der Waals surface area contributed by atoms with Crippen molar-refractivity contribution in [1.82, 2.24) is 10.2 Å². The maximum absolute atomic E-state index is 13.6. The third-order valence-electron chi connectivity index (χ3n) is 4.90. The standard InChI is InChI=1S/C16H18BrFN2O3/c1-8-12(13(21)15(23)20(8)2)14(22)19-16(3-4-16)9-5-10(17)7-11(18)6-9/h5-8,12-13,21H,3-4H2,1-2H3,(H,19,22). The fraction of sp³-hybridized carbons (Fsp3) is 0.500. The predicted molar refractivity (Wildman–Crippen MR) is 84.9 cm³/mol. The molecule has 0 radical (unpaired) electrons. The summed E-state index contributed by atoms with van der Waals surface area (Å²) in [6.07, 6.45) is 0.0793. The number of amides is 2. The topological polar surface area (TPSA) is 69.6 Å². The van der Waals surface area contributed by atoms with Crippen LogP contribution in [0.25, 0.3) is 0 Å². The molecule has 1 saturated carbocycles. The van der Waals surface area contributed by atoms with Gasteiger partial charge in [-0.2, -0.15) is 0 Å². The van der Waals surface area contributed by atoms with Gasteiger partial charge in [0.05, 0.1) is 11.5 Å². The van der Waals surface area contributed by atoms with Gasteiger partial charge in [0.1, 0.15) is 11.9 Å². The van der Waals surface area contributed by atoms with Crippen molar-refractivity contribution in [3.63, 3.8) is 0 Å². The molecule has 0 spiro atoms. The minimum absolute atomic E-state index is 0.374. The quantitative estimate of drug-likeness (QED) is 0.830. The van der Waals surface area contributed by atoms with Gasteiger partial charge in [-0.15, -0.1) is 0 Å². The van der Waals surface area contributed by atoms with Crippen LogP contribution in [0, 0.1) is 11.7 Å². The summed E-state index contributed by atoms with van der Waals surface area (Å²) in [6.45, 7) is 1.73. The molecule has 2 amide bonds. The number of likely N-dealkylation sites (N-methyl/N-ethyl adjacent to an activating group) is 1. The van der Waals surface area contributed by atoms with Gasteiger partial charge in [-0.1, -0.05) is 15.9 Å². The lowest BCUT2D eigenvalue weighted by Gasteiger charge is -2.24. The summed E-state index contributed by atoms with van der Waals surface area (Å²) in [6, 6.07) is 4.16. The molecular formula is C16H18BrFN2O3. The van der Waals surface area contributed by atoms with Crippen molar-refractivity contribution in [2.24, 2.45) is 5.92 Å². The number of halogens is 2. The lowest BCUT2D eigenvalue weighted by Crippen LogP contribution is -2.45. The molecule has 0 bridgehead atoms. The number of nitrogens with zero attached hydrogens (tertiary/aromatic N) is 1. The van der Waals surface area contributed by atoms with E-state index in [0.29, 0.717) is 22.9 Å². The zero-order valence-electron chi connectivity index (χ0n) is 12.8. The van der Waals surface area contributed by atoms with E-state index in [1.165, 1.54) is 17.0 Å². The molecule has 3 atom stereocenters. The molecular weight excluding hydrogens is 367 g/mol. The highest BCUT2D eigenvalue weighted by atomic mass is 79.9. The maximum Gasteiger partial charge on any atom is 0.252 e. The molecule has 23 heavy (non-hydrogen) atoms. The molecule has 3 rings (SSSR count). The first-order valence-corrected chi connectivity index (χ1v) is 8.28. The second-order valence-electron chi connectivity index (χ2n) is 6.39. The maximum atomic E-state index is 13.6.